The number of aromatic nitrogens is 2. The van der Waals surface area contributed by atoms with Crippen LogP contribution < -0.4 is 5.32 Å². The molecule has 0 spiro atoms. The van der Waals surface area contributed by atoms with E-state index in [1.165, 1.54) is 30.4 Å². The van der Waals surface area contributed by atoms with Gasteiger partial charge in [0.1, 0.15) is 0 Å². The molecule has 10 heteroatoms. The minimum Gasteiger partial charge on any atom is -0.475 e. The number of nitrogens with one attached hydrogen (secondary N) is 1. The predicted molar refractivity (Wildman–Crippen MR) is 117 cm³/mol. The maximum Gasteiger partial charge on any atom is 0.490 e. The first kappa shape index (κ1) is 24.8. The highest BCUT2D eigenvalue weighted by Gasteiger charge is 2.38. The standard InChI is InChI=1S/C21H28N4O.C2HF3O2/c1-14-20(15(2)24(3)23-14)21(26)22-18-8-7-16-9-11-25(19-5-4-6-19)12-10-17(16)13-18;3-2(4,5)1(6)7/h7-8,13,19H,4-6,9-12H2,1-3H3,(H,22,26);(H,6,7). The summed E-state index contributed by atoms with van der Waals surface area (Å²) in [6, 6.07) is 7.20. The van der Waals surface area contributed by atoms with E-state index in [1.54, 1.807) is 4.68 Å². The van der Waals surface area contributed by atoms with Crippen LogP contribution in [0.25, 0.3) is 0 Å². The van der Waals surface area contributed by atoms with Crippen molar-refractivity contribution in [3.8, 4) is 0 Å². The lowest BCUT2D eigenvalue weighted by Gasteiger charge is -2.36. The molecule has 1 aliphatic heterocycles. The summed E-state index contributed by atoms with van der Waals surface area (Å²) in [5.41, 5.74) is 6.04. The number of nitrogens with zero attached hydrogens (tertiary/aromatic N) is 3. The molecule has 2 heterocycles. The molecule has 2 N–H and O–H groups in total. The van der Waals surface area contributed by atoms with Gasteiger partial charge in [-0.15, -0.1) is 0 Å². The molecule has 1 aromatic heterocycles. The number of aryl methyl sites for hydroxylation is 2. The molecule has 1 saturated carbocycles. The van der Waals surface area contributed by atoms with Crippen LogP contribution in [0.15, 0.2) is 18.2 Å². The van der Waals surface area contributed by atoms with Gasteiger partial charge in [-0.1, -0.05) is 12.5 Å². The van der Waals surface area contributed by atoms with E-state index in [1.807, 2.05) is 27.0 Å². The second-order valence-corrected chi connectivity index (χ2v) is 8.53. The number of hydrogen-bond acceptors (Lipinski definition) is 4. The Balaban J connectivity index is 0.000000383. The Morgan fingerprint density at radius 2 is 1.73 bits per heavy atom. The number of carbonyl (C=O) groups is 2. The van der Waals surface area contributed by atoms with Gasteiger partial charge in [-0.3, -0.25) is 14.4 Å². The van der Waals surface area contributed by atoms with E-state index in [0.717, 1.165) is 49.0 Å². The van der Waals surface area contributed by atoms with Crippen molar-refractivity contribution in [2.45, 2.75) is 58.2 Å². The second kappa shape index (κ2) is 9.94. The van der Waals surface area contributed by atoms with Gasteiger partial charge in [0.05, 0.1) is 11.3 Å². The van der Waals surface area contributed by atoms with Gasteiger partial charge in [0.2, 0.25) is 0 Å². The Kier molecular flexibility index (Phi) is 7.46. The molecule has 1 fully saturated rings. The van der Waals surface area contributed by atoms with Crippen LogP contribution in [0.5, 0.6) is 0 Å². The van der Waals surface area contributed by atoms with Crippen LogP contribution in [0, 0.1) is 13.8 Å². The van der Waals surface area contributed by atoms with Gasteiger partial charge in [-0.25, -0.2) is 4.79 Å². The van der Waals surface area contributed by atoms with Crippen LogP contribution in [0.4, 0.5) is 18.9 Å². The molecular weight excluding hydrogens is 437 g/mol. The monoisotopic (exact) mass is 466 g/mol. The number of hydrogen-bond donors (Lipinski definition) is 2. The van der Waals surface area contributed by atoms with E-state index < -0.39 is 12.1 Å². The zero-order chi connectivity index (χ0) is 24.3. The van der Waals surface area contributed by atoms with Crippen molar-refractivity contribution in [1.82, 2.24) is 14.7 Å². The van der Waals surface area contributed by atoms with E-state index in [0.29, 0.717) is 5.56 Å². The maximum absolute atomic E-state index is 12.7. The van der Waals surface area contributed by atoms with Gasteiger partial charge in [0.15, 0.2) is 0 Å². The van der Waals surface area contributed by atoms with Crippen molar-refractivity contribution in [3.63, 3.8) is 0 Å². The minimum absolute atomic E-state index is 0.0715. The Morgan fingerprint density at radius 3 is 2.21 bits per heavy atom. The molecule has 180 valence electrons. The van der Waals surface area contributed by atoms with E-state index in [2.05, 4.69) is 27.4 Å². The number of rotatable bonds is 3. The summed E-state index contributed by atoms with van der Waals surface area (Å²) in [5.74, 6) is -2.83. The SMILES string of the molecule is Cc1nn(C)c(C)c1C(=O)Nc1ccc2c(c1)CCN(C1CCC1)CC2.O=C(O)C(F)(F)F. The molecule has 0 radical (unpaired) electrons. The quantitative estimate of drug-likeness (QED) is 0.717. The van der Waals surface area contributed by atoms with Crippen molar-refractivity contribution < 1.29 is 27.9 Å². The summed E-state index contributed by atoms with van der Waals surface area (Å²) in [5, 5.41) is 14.5. The van der Waals surface area contributed by atoms with Gasteiger partial charge in [-0.05, 0) is 62.8 Å². The van der Waals surface area contributed by atoms with Gasteiger partial charge < -0.3 is 10.4 Å². The average molecular weight is 467 g/mol. The van der Waals surface area contributed by atoms with Crippen molar-refractivity contribution in [2.75, 3.05) is 18.4 Å². The number of aliphatic carboxylic acids is 1. The van der Waals surface area contributed by atoms with Gasteiger partial charge in [-0.2, -0.15) is 18.3 Å². The van der Waals surface area contributed by atoms with E-state index in [9.17, 15) is 18.0 Å². The van der Waals surface area contributed by atoms with Gasteiger partial charge in [0.25, 0.3) is 5.91 Å². The number of benzene rings is 1. The van der Waals surface area contributed by atoms with Crippen molar-refractivity contribution in [3.05, 3.63) is 46.3 Å². The van der Waals surface area contributed by atoms with Crippen molar-refractivity contribution in [2.24, 2.45) is 7.05 Å². The summed E-state index contributed by atoms with van der Waals surface area (Å²) < 4.78 is 33.5. The highest BCUT2D eigenvalue weighted by atomic mass is 19.4. The smallest absolute Gasteiger partial charge is 0.475 e. The number of carboxylic acids is 1. The maximum atomic E-state index is 12.7. The topological polar surface area (TPSA) is 87.5 Å². The predicted octanol–water partition coefficient (Wildman–Crippen LogP) is 3.88. The van der Waals surface area contributed by atoms with Crippen LogP contribution in [-0.2, 0) is 24.7 Å². The molecule has 0 bridgehead atoms. The molecule has 1 amide bonds. The third-order valence-electron chi connectivity index (χ3n) is 6.37. The van der Waals surface area contributed by atoms with Gasteiger partial charge >= 0.3 is 12.1 Å². The first-order chi connectivity index (χ1) is 15.5. The number of halogens is 3. The highest BCUT2D eigenvalue weighted by molar-refractivity contribution is 6.05. The summed E-state index contributed by atoms with van der Waals surface area (Å²) in [6.45, 7) is 6.11. The lowest BCUT2D eigenvalue weighted by atomic mass is 9.91. The van der Waals surface area contributed by atoms with Crippen LogP contribution in [-0.4, -0.2) is 57.0 Å². The molecule has 1 aliphatic carbocycles. The number of fused-ring (bicyclic) bond motifs is 1. The first-order valence-corrected chi connectivity index (χ1v) is 10.9. The van der Waals surface area contributed by atoms with Gasteiger partial charge in [0, 0.05) is 37.6 Å². The van der Waals surface area contributed by atoms with E-state index in [4.69, 9.17) is 9.90 Å². The summed E-state index contributed by atoms with van der Waals surface area (Å²) in [7, 11) is 1.87. The van der Waals surface area contributed by atoms with E-state index in [-0.39, 0.29) is 5.91 Å². The van der Waals surface area contributed by atoms with Crippen LogP contribution >= 0.6 is 0 Å². The summed E-state index contributed by atoms with van der Waals surface area (Å²) >= 11 is 0. The zero-order valence-electron chi connectivity index (χ0n) is 19.0. The normalized spacial score (nSPS) is 16.7. The second-order valence-electron chi connectivity index (χ2n) is 8.53. The van der Waals surface area contributed by atoms with Crippen molar-refractivity contribution in [1.29, 1.82) is 0 Å². The van der Waals surface area contributed by atoms with Crippen LogP contribution in [0.1, 0.15) is 52.1 Å². The average Bonchev–Trinajstić information content (AvgIpc) is 2.83. The lowest BCUT2D eigenvalue weighted by Crippen LogP contribution is -2.41. The Hall–Kier alpha value is -2.88. The third kappa shape index (κ3) is 5.93. The molecule has 2 aliphatic rings. The molecule has 33 heavy (non-hydrogen) atoms. The largest absolute Gasteiger partial charge is 0.490 e. The number of amides is 1. The molecular formula is C23H29F3N4O3. The Morgan fingerprint density at radius 1 is 1.12 bits per heavy atom. The molecule has 0 atom stereocenters. The fourth-order valence-corrected chi connectivity index (χ4v) is 4.23. The summed E-state index contributed by atoms with van der Waals surface area (Å²) in [6.07, 6.45) is 1.21. The first-order valence-electron chi connectivity index (χ1n) is 10.9. The molecule has 2 aromatic rings. The summed E-state index contributed by atoms with van der Waals surface area (Å²) in [4.78, 5) is 24.3. The minimum atomic E-state index is -5.08. The van der Waals surface area contributed by atoms with Crippen LogP contribution in [0.2, 0.25) is 0 Å². The number of anilines is 1. The fraction of sp³-hybridized carbons (Fsp3) is 0.522. The van der Waals surface area contributed by atoms with Crippen LogP contribution in [0.3, 0.4) is 0 Å². The molecule has 1 aromatic carbocycles. The Labute approximate surface area is 190 Å². The molecule has 7 nitrogen and oxygen atoms in total. The number of alkyl halides is 3. The third-order valence-corrected chi connectivity index (χ3v) is 6.37. The molecule has 4 rings (SSSR count). The Bertz CT molecular complexity index is 1030. The van der Waals surface area contributed by atoms with E-state index >= 15 is 0 Å². The zero-order valence-corrected chi connectivity index (χ0v) is 19.0. The molecule has 0 saturated heterocycles. The number of carboxylic acid groups (broad SMARTS) is 1. The fourth-order valence-electron chi connectivity index (χ4n) is 4.23. The highest BCUT2D eigenvalue weighted by Crippen LogP contribution is 2.28. The number of carbonyl (C=O) groups excluding carboxylic acids is 1. The van der Waals surface area contributed by atoms with Crippen molar-refractivity contribution >= 4 is 17.6 Å². The lowest BCUT2D eigenvalue weighted by molar-refractivity contribution is -0.192. The molecule has 0 unspecified atom stereocenters.